The maximum absolute atomic E-state index is 11.9. The van der Waals surface area contributed by atoms with E-state index in [1.165, 1.54) is 7.05 Å². The van der Waals surface area contributed by atoms with E-state index in [0.717, 1.165) is 4.90 Å². The Morgan fingerprint density at radius 2 is 1.84 bits per heavy atom. The fourth-order valence-corrected chi connectivity index (χ4v) is 2.22. The van der Waals surface area contributed by atoms with Crippen LogP contribution in [-0.4, -0.2) is 34.9 Å². The summed E-state index contributed by atoms with van der Waals surface area (Å²) in [6.07, 6.45) is 0. The third-order valence-electron chi connectivity index (χ3n) is 2.77. The highest BCUT2D eigenvalue weighted by molar-refractivity contribution is 7.80. The quantitative estimate of drug-likeness (QED) is 0.635. The van der Waals surface area contributed by atoms with Gasteiger partial charge in [-0.2, -0.15) is 0 Å². The van der Waals surface area contributed by atoms with Crippen LogP contribution < -0.4 is 10.6 Å². The van der Waals surface area contributed by atoms with Crippen molar-refractivity contribution in [3.8, 4) is 0 Å². The number of carbonyl (C=O) groups is 2. The summed E-state index contributed by atoms with van der Waals surface area (Å²) in [5.41, 5.74) is 1.53. The number of thiocarbonyl (C=S) groups is 1. The Kier molecular flexibility index (Phi) is 3.53. The van der Waals surface area contributed by atoms with Crippen LogP contribution in [0.2, 0.25) is 0 Å². The molecule has 0 radical (unpaired) electrons. The summed E-state index contributed by atoms with van der Waals surface area (Å²) in [6, 6.07) is 5.24. The van der Waals surface area contributed by atoms with E-state index < -0.39 is 0 Å². The van der Waals surface area contributed by atoms with Gasteiger partial charge >= 0.3 is 0 Å². The monoisotopic (exact) mass is 277 g/mol. The molecule has 0 aliphatic carbocycles. The molecular weight excluding hydrogens is 262 g/mol. The average Bonchev–Trinajstić information content (AvgIpc) is 2.53. The molecule has 2 N–H and O–H groups in total. The smallest absolute Gasteiger partial charge is 0.261 e. The second-order valence-electron chi connectivity index (χ2n) is 4.68. The summed E-state index contributed by atoms with van der Waals surface area (Å²) in [7, 11) is 1.47. The molecule has 0 fully saturated rings. The largest absolute Gasteiger partial charge is 0.360 e. The topological polar surface area (TPSA) is 61.4 Å². The van der Waals surface area contributed by atoms with Crippen molar-refractivity contribution in [3.05, 3.63) is 29.3 Å². The number of carbonyl (C=O) groups excluding carboxylic acids is 2. The molecule has 0 saturated heterocycles. The van der Waals surface area contributed by atoms with Gasteiger partial charge in [-0.05, 0) is 44.3 Å². The van der Waals surface area contributed by atoms with Crippen molar-refractivity contribution in [3.63, 3.8) is 0 Å². The highest BCUT2D eigenvalue weighted by Gasteiger charge is 2.32. The van der Waals surface area contributed by atoms with Gasteiger partial charge in [0.1, 0.15) is 0 Å². The molecule has 2 amide bonds. The molecule has 6 heteroatoms. The van der Waals surface area contributed by atoms with Crippen LogP contribution in [0.25, 0.3) is 0 Å². The number of anilines is 1. The van der Waals surface area contributed by atoms with Crippen LogP contribution >= 0.6 is 12.2 Å². The maximum Gasteiger partial charge on any atom is 0.261 e. The van der Waals surface area contributed by atoms with Crippen LogP contribution in [0.1, 0.15) is 34.6 Å². The van der Waals surface area contributed by atoms with Crippen LogP contribution in [-0.2, 0) is 0 Å². The maximum atomic E-state index is 11.9. The zero-order valence-corrected chi connectivity index (χ0v) is 11.8. The van der Waals surface area contributed by atoms with Gasteiger partial charge in [0.05, 0.1) is 11.1 Å². The number of amides is 2. The van der Waals surface area contributed by atoms with E-state index in [0.29, 0.717) is 21.9 Å². The Morgan fingerprint density at radius 1 is 1.21 bits per heavy atom. The molecule has 1 aliphatic heterocycles. The first kappa shape index (κ1) is 13.5. The normalized spacial score (nSPS) is 13.8. The van der Waals surface area contributed by atoms with Gasteiger partial charge in [-0.15, -0.1) is 0 Å². The van der Waals surface area contributed by atoms with E-state index >= 15 is 0 Å². The first-order chi connectivity index (χ1) is 8.90. The molecule has 1 aromatic carbocycles. The second kappa shape index (κ2) is 4.97. The summed E-state index contributed by atoms with van der Waals surface area (Å²) in [4.78, 5) is 24.7. The summed E-state index contributed by atoms with van der Waals surface area (Å²) in [6.45, 7) is 3.96. The van der Waals surface area contributed by atoms with E-state index in [1.54, 1.807) is 18.2 Å². The number of nitrogens with zero attached hydrogens (tertiary/aromatic N) is 1. The van der Waals surface area contributed by atoms with Gasteiger partial charge in [-0.1, -0.05) is 0 Å². The van der Waals surface area contributed by atoms with Gasteiger partial charge in [0.25, 0.3) is 11.8 Å². The lowest BCUT2D eigenvalue weighted by Gasteiger charge is -2.13. The standard InChI is InChI=1S/C13H15N3O2S/c1-7(2)14-13(19)15-8-4-5-9-10(6-8)12(18)16(3)11(9)17/h4-7H,1-3H3,(H2,14,15,19). The van der Waals surface area contributed by atoms with Gasteiger partial charge in [0.2, 0.25) is 0 Å². The SMILES string of the molecule is CC(C)NC(=S)Nc1ccc2c(c1)C(=O)N(C)C2=O. The van der Waals surface area contributed by atoms with Crippen molar-refractivity contribution in [1.82, 2.24) is 10.2 Å². The third-order valence-corrected chi connectivity index (χ3v) is 2.99. The predicted octanol–water partition coefficient (Wildman–Crippen LogP) is 1.61. The van der Waals surface area contributed by atoms with Crippen molar-refractivity contribution < 1.29 is 9.59 Å². The summed E-state index contributed by atoms with van der Waals surface area (Å²) in [5.74, 6) is -0.555. The molecule has 19 heavy (non-hydrogen) atoms. The first-order valence-electron chi connectivity index (χ1n) is 5.94. The Balaban J connectivity index is 2.22. The van der Waals surface area contributed by atoms with E-state index in [-0.39, 0.29) is 17.9 Å². The highest BCUT2D eigenvalue weighted by atomic mass is 32.1. The van der Waals surface area contributed by atoms with Crippen LogP contribution in [0.4, 0.5) is 5.69 Å². The van der Waals surface area contributed by atoms with Crippen molar-refractivity contribution >= 4 is 34.8 Å². The van der Waals surface area contributed by atoms with E-state index in [4.69, 9.17) is 12.2 Å². The summed E-state index contributed by atoms with van der Waals surface area (Å²) in [5, 5.41) is 6.52. The highest BCUT2D eigenvalue weighted by Crippen LogP contribution is 2.24. The Labute approximate surface area is 117 Å². The molecule has 0 unspecified atom stereocenters. The fourth-order valence-electron chi connectivity index (χ4n) is 1.87. The third kappa shape index (κ3) is 2.58. The molecule has 0 aromatic heterocycles. The molecular formula is C13H15N3O2S. The summed E-state index contributed by atoms with van der Waals surface area (Å²) >= 11 is 5.13. The van der Waals surface area contributed by atoms with Crippen molar-refractivity contribution in [2.24, 2.45) is 0 Å². The minimum absolute atomic E-state index is 0.226. The predicted molar refractivity (Wildman–Crippen MR) is 77.4 cm³/mol. The number of rotatable bonds is 2. The van der Waals surface area contributed by atoms with E-state index in [2.05, 4.69) is 10.6 Å². The fraction of sp³-hybridized carbons (Fsp3) is 0.308. The van der Waals surface area contributed by atoms with Crippen LogP contribution in [0.3, 0.4) is 0 Å². The Hall–Kier alpha value is -1.95. The molecule has 0 spiro atoms. The number of hydrogen-bond acceptors (Lipinski definition) is 3. The lowest BCUT2D eigenvalue weighted by atomic mass is 10.1. The van der Waals surface area contributed by atoms with Gasteiger partial charge < -0.3 is 10.6 Å². The van der Waals surface area contributed by atoms with E-state index in [9.17, 15) is 9.59 Å². The molecule has 100 valence electrons. The molecule has 0 bridgehead atoms. The van der Waals surface area contributed by atoms with Crippen LogP contribution in [0, 0.1) is 0 Å². The van der Waals surface area contributed by atoms with Gasteiger partial charge in [-0.3, -0.25) is 14.5 Å². The zero-order chi connectivity index (χ0) is 14.2. The van der Waals surface area contributed by atoms with Crippen molar-refractivity contribution in [2.45, 2.75) is 19.9 Å². The number of fused-ring (bicyclic) bond motifs is 1. The van der Waals surface area contributed by atoms with Gasteiger partial charge in [0.15, 0.2) is 5.11 Å². The number of imide groups is 1. The minimum Gasteiger partial charge on any atom is -0.360 e. The average molecular weight is 277 g/mol. The molecule has 1 aliphatic rings. The van der Waals surface area contributed by atoms with Crippen LogP contribution in [0.15, 0.2) is 18.2 Å². The number of benzene rings is 1. The molecule has 0 saturated carbocycles. The second-order valence-corrected chi connectivity index (χ2v) is 5.09. The molecule has 1 aromatic rings. The Bertz CT molecular complexity index is 569. The lowest BCUT2D eigenvalue weighted by molar-refractivity contribution is 0.0693. The molecule has 5 nitrogen and oxygen atoms in total. The number of nitrogens with one attached hydrogen (secondary N) is 2. The minimum atomic E-state index is -0.286. The zero-order valence-electron chi connectivity index (χ0n) is 11.0. The molecule has 0 atom stereocenters. The van der Waals surface area contributed by atoms with E-state index in [1.807, 2.05) is 13.8 Å². The van der Waals surface area contributed by atoms with Crippen LogP contribution in [0.5, 0.6) is 0 Å². The lowest BCUT2D eigenvalue weighted by Crippen LogP contribution is -2.33. The van der Waals surface area contributed by atoms with Crippen molar-refractivity contribution in [2.75, 3.05) is 12.4 Å². The van der Waals surface area contributed by atoms with Crippen molar-refractivity contribution in [1.29, 1.82) is 0 Å². The van der Waals surface area contributed by atoms with Gasteiger partial charge in [0, 0.05) is 18.8 Å². The summed E-state index contributed by atoms with van der Waals surface area (Å²) < 4.78 is 0. The first-order valence-corrected chi connectivity index (χ1v) is 6.35. The molecule has 2 rings (SSSR count). The molecule has 1 heterocycles. The number of hydrogen-bond donors (Lipinski definition) is 2. The Morgan fingerprint density at radius 3 is 2.47 bits per heavy atom. The van der Waals surface area contributed by atoms with Gasteiger partial charge in [-0.25, -0.2) is 0 Å².